The highest BCUT2D eigenvalue weighted by molar-refractivity contribution is 7.13. The van der Waals surface area contributed by atoms with Gasteiger partial charge in [-0.2, -0.15) is 5.10 Å². The van der Waals surface area contributed by atoms with E-state index in [1.807, 2.05) is 60.8 Å². The molecule has 122 valence electrons. The van der Waals surface area contributed by atoms with Crippen molar-refractivity contribution >= 4 is 34.3 Å². The van der Waals surface area contributed by atoms with Crippen LogP contribution in [0.15, 0.2) is 59.0 Å². The number of rotatable bonds is 6. The third kappa shape index (κ3) is 4.81. The molecule has 3 rings (SSSR count). The van der Waals surface area contributed by atoms with E-state index in [4.69, 9.17) is 16.3 Å². The second-order valence-electron chi connectivity index (χ2n) is 5.15. The Labute approximate surface area is 149 Å². The second kappa shape index (κ2) is 7.95. The lowest BCUT2D eigenvalue weighted by molar-refractivity contribution is 0.306. The monoisotopic (exact) mass is 357 g/mol. The van der Waals surface area contributed by atoms with Gasteiger partial charge in [-0.25, -0.2) is 4.98 Å². The zero-order valence-corrected chi connectivity index (χ0v) is 14.6. The van der Waals surface area contributed by atoms with Crippen molar-refractivity contribution in [3.8, 4) is 5.75 Å². The number of halogens is 1. The van der Waals surface area contributed by atoms with Crippen molar-refractivity contribution in [2.24, 2.45) is 5.10 Å². The third-order valence-electron chi connectivity index (χ3n) is 3.17. The maximum Gasteiger partial charge on any atom is 0.203 e. The summed E-state index contributed by atoms with van der Waals surface area (Å²) in [4.78, 5) is 4.29. The average Bonchev–Trinajstić information content (AvgIpc) is 3.00. The van der Waals surface area contributed by atoms with Crippen LogP contribution >= 0.6 is 22.9 Å². The molecule has 0 saturated carbocycles. The Morgan fingerprint density at radius 2 is 2.08 bits per heavy atom. The lowest BCUT2D eigenvalue weighted by Crippen LogP contribution is -1.96. The molecule has 6 heteroatoms. The molecule has 0 aliphatic rings. The molecule has 24 heavy (non-hydrogen) atoms. The number of nitrogens with zero attached hydrogens (tertiary/aromatic N) is 2. The molecule has 0 radical (unpaired) electrons. The molecule has 1 heterocycles. The van der Waals surface area contributed by atoms with E-state index < -0.39 is 0 Å². The van der Waals surface area contributed by atoms with Gasteiger partial charge in [0.1, 0.15) is 12.4 Å². The van der Waals surface area contributed by atoms with Crippen LogP contribution < -0.4 is 10.2 Å². The first kappa shape index (κ1) is 16.5. The van der Waals surface area contributed by atoms with Gasteiger partial charge in [-0.1, -0.05) is 35.9 Å². The summed E-state index contributed by atoms with van der Waals surface area (Å²) in [6.45, 7) is 2.45. The summed E-state index contributed by atoms with van der Waals surface area (Å²) >= 11 is 7.40. The molecule has 0 fully saturated rings. The van der Waals surface area contributed by atoms with E-state index in [0.717, 1.165) is 32.7 Å². The first-order chi connectivity index (χ1) is 11.7. The fourth-order valence-corrected chi connectivity index (χ4v) is 2.76. The molecule has 4 nitrogen and oxygen atoms in total. The standard InChI is InChI=1S/C18H16ClN3OS/c1-13-12-24-18(21-13)22-20-10-15-3-2-4-17(9-15)23-11-14-5-7-16(19)8-6-14/h2-10,12H,11H2,1H3,(H,21,22)/b20-10-. The van der Waals surface area contributed by atoms with Gasteiger partial charge in [0.05, 0.1) is 11.9 Å². The maximum absolute atomic E-state index is 5.88. The zero-order valence-electron chi connectivity index (χ0n) is 13.1. The van der Waals surface area contributed by atoms with Gasteiger partial charge in [0.25, 0.3) is 0 Å². The summed E-state index contributed by atoms with van der Waals surface area (Å²) in [6.07, 6.45) is 1.74. The summed E-state index contributed by atoms with van der Waals surface area (Å²) in [7, 11) is 0. The van der Waals surface area contributed by atoms with Crippen LogP contribution in [-0.4, -0.2) is 11.2 Å². The Morgan fingerprint density at radius 3 is 2.83 bits per heavy atom. The van der Waals surface area contributed by atoms with E-state index in [2.05, 4.69) is 15.5 Å². The van der Waals surface area contributed by atoms with Crippen molar-refractivity contribution in [2.75, 3.05) is 5.43 Å². The molecule has 0 saturated heterocycles. The molecule has 0 atom stereocenters. The minimum Gasteiger partial charge on any atom is -0.489 e. The highest BCUT2D eigenvalue weighted by Gasteiger charge is 1.98. The Kier molecular flexibility index (Phi) is 5.46. The Morgan fingerprint density at radius 1 is 1.25 bits per heavy atom. The number of aromatic nitrogens is 1. The Balaban J connectivity index is 1.58. The fourth-order valence-electron chi connectivity index (χ4n) is 2.00. The van der Waals surface area contributed by atoms with Crippen molar-refractivity contribution in [3.63, 3.8) is 0 Å². The SMILES string of the molecule is Cc1csc(N/N=C\c2cccc(OCc3ccc(Cl)cc3)c2)n1. The molecular formula is C18H16ClN3OS. The first-order valence-electron chi connectivity index (χ1n) is 7.37. The van der Waals surface area contributed by atoms with Crippen LogP contribution in [0.3, 0.4) is 0 Å². The molecule has 1 aromatic heterocycles. The van der Waals surface area contributed by atoms with Gasteiger partial charge in [0.2, 0.25) is 5.13 Å². The molecule has 0 amide bonds. The minimum atomic E-state index is 0.494. The summed E-state index contributed by atoms with van der Waals surface area (Å²) in [5.74, 6) is 0.791. The molecule has 3 aromatic rings. The number of ether oxygens (including phenoxy) is 1. The summed E-state index contributed by atoms with van der Waals surface area (Å²) in [5, 5.41) is 7.67. The maximum atomic E-state index is 5.88. The number of hydrogen-bond acceptors (Lipinski definition) is 5. The van der Waals surface area contributed by atoms with Crippen molar-refractivity contribution in [2.45, 2.75) is 13.5 Å². The number of aryl methyl sites for hydroxylation is 1. The number of anilines is 1. The molecule has 0 bridgehead atoms. The Bertz CT molecular complexity index is 830. The van der Waals surface area contributed by atoms with Gasteiger partial charge in [-0.05, 0) is 42.3 Å². The van der Waals surface area contributed by atoms with Crippen LogP contribution in [0.25, 0.3) is 0 Å². The van der Waals surface area contributed by atoms with Crippen LogP contribution in [0.4, 0.5) is 5.13 Å². The molecule has 0 aliphatic heterocycles. The minimum absolute atomic E-state index is 0.494. The van der Waals surface area contributed by atoms with Crippen LogP contribution in [0.2, 0.25) is 5.02 Å². The van der Waals surface area contributed by atoms with Gasteiger partial charge in [0, 0.05) is 10.4 Å². The van der Waals surface area contributed by atoms with Gasteiger partial charge in [0.15, 0.2) is 0 Å². The molecule has 2 aromatic carbocycles. The smallest absolute Gasteiger partial charge is 0.203 e. The van der Waals surface area contributed by atoms with Gasteiger partial charge >= 0.3 is 0 Å². The average molecular weight is 358 g/mol. The van der Waals surface area contributed by atoms with Crippen molar-refractivity contribution in [1.29, 1.82) is 0 Å². The summed E-state index contributed by atoms with van der Waals surface area (Å²) < 4.78 is 5.81. The van der Waals surface area contributed by atoms with Crippen LogP contribution in [0.1, 0.15) is 16.8 Å². The Hall–Kier alpha value is -2.37. The van der Waals surface area contributed by atoms with Crippen LogP contribution in [-0.2, 0) is 6.61 Å². The van der Waals surface area contributed by atoms with E-state index >= 15 is 0 Å². The number of hydrogen-bond donors (Lipinski definition) is 1. The zero-order chi connectivity index (χ0) is 16.8. The van der Waals surface area contributed by atoms with E-state index in [1.54, 1.807) is 6.21 Å². The van der Waals surface area contributed by atoms with Crippen molar-refractivity contribution < 1.29 is 4.74 Å². The highest BCUT2D eigenvalue weighted by atomic mass is 35.5. The predicted molar refractivity (Wildman–Crippen MR) is 100 cm³/mol. The predicted octanol–water partition coefficient (Wildman–Crippen LogP) is 5.13. The molecule has 0 spiro atoms. The van der Waals surface area contributed by atoms with Crippen molar-refractivity contribution in [3.05, 3.63) is 75.8 Å². The fraction of sp³-hybridized carbons (Fsp3) is 0.111. The molecular weight excluding hydrogens is 342 g/mol. The molecule has 1 N–H and O–H groups in total. The normalized spacial score (nSPS) is 10.9. The first-order valence-corrected chi connectivity index (χ1v) is 8.63. The van der Waals surface area contributed by atoms with Gasteiger partial charge < -0.3 is 4.74 Å². The lowest BCUT2D eigenvalue weighted by atomic mass is 10.2. The quantitative estimate of drug-likeness (QED) is 0.491. The number of thiazole rings is 1. The van der Waals surface area contributed by atoms with Crippen molar-refractivity contribution in [1.82, 2.24) is 4.98 Å². The van der Waals surface area contributed by atoms with Gasteiger partial charge in [-0.3, -0.25) is 5.43 Å². The molecule has 0 unspecified atom stereocenters. The topological polar surface area (TPSA) is 46.5 Å². The highest BCUT2D eigenvalue weighted by Crippen LogP contribution is 2.17. The third-order valence-corrected chi connectivity index (χ3v) is 4.29. The number of hydrazone groups is 1. The number of nitrogens with one attached hydrogen (secondary N) is 1. The van der Waals surface area contributed by atoms with E-state index in [0.29, 0.717) is 6.61 Å². The molecule has 0 aliphatic carbocycles. The van der Waals surface area contributed by atoms with Gasteiger partial charge in [-0.15, -0.1) is 11.3 Å². The largest absolute Gasteiger partial charge is 0.489 e. The second-order valence-corrected chi connectivity index (χ2v) is 6.45. The van der Waals surface area contributed by atoms with E-state index in [-0.39, 0.29) is 0 Å². The van der Waals surface area contributed by atoms with E-state index in [1.165, 1.54) is 11.3 Å². The number of benzene rings is 2. The van der Waals surface area contributed by atoms with Crippen LogP contribution in [0.5, 0.6) is 5.75 Å². The van der Waals surface area contributed by atoms with Crippen LogP contribution in [0, 0.1) is 6.92 Å². The lowest BCUT2D eigenvalue weighted by Gasteiger charge is -2.07. The summed E-state index contributed by atoms with van der Waals surface area (Å²) in [5.41, 5.74) is 5.92. The van der Waals surface area contributed by atoms with E-state index in [9.17, 15) is 0 Å². The summed E-state index contributed by atoms with van der Waals surface area (Å²) in [6, 6.07) is 15.4.